The van der Waals surface area contributed by atoms with Crippen LogP contribution < -0.4 is 5.32 Å². The van der Waals surface area contributed by atoms with E-state index in [1.54, 1.807) is 0 Å². The van der Waals surface area contributed by atoms with Crippen LogP contribution in [-0.4, -0.2) is 46.3 Å². The molecule has 2 aliphatic rings. The molecule has 1 aliphatic carbocycles. The van der Waals surface area contributed by atoms with Gasteiger partial charge >= 0.3 is 0 Å². The molecule has 2 fully saturated rings. The summed E-state index contributed by atoms with van der Waals surface area (Å²) in [5.74, 6) is 0.965. The third-order valence-corrected chi connectivity index (χ3v) is 4.55. The van der Waals surface area contributed by atoms with Crippen LogP contribution in [0.3, 0.4) is 0 Å². The minimum Gasteiger partial charge on any atom is -0.342 e. The molecular formula is C15H24N4O. The molecule has 2 heterocycles. The Hall–Kier alpha value is -1.36. The van der Waals surface area contributed by atoms with E-state index in [1.807, 2.05) is 28.0 Å². The van der Waals surface area contributed by atoms with E-state index >= 15 is 0 Å². The van der Waals surface area contributed by atoms with Crippen molar-refractivity contribution in [2.75, 3.05) is 19.6 Å². The standard InChI is InChI=1S/C15H24N4O/c20-15(18-7-1-2-8-18)11-16-14-5-4-13(10-14)12-19-9-3-6-17-19/h3,6,9,13-14,16H,1-2,4-5,7-8,10-12H2/t13-,14-/m0/s1. The molecule has 20 heavy (non-hydrogen) atoms. The quantitative estimate of drug-likeness (QED) is 0.881. The zero-order chi connectivity index (χ0) is 13.8. The average Bonchev–Trinajstić information content (AvgIpc) is 3.19. The lowest BCUT2D eigenvalue weighted by Crippen LogP contribution is -2.39. The Balaban J connectivity index is 1.38. The summed E-state index contributed by atoms with van der Waals surface area (Å²) in [6, 6.07) is 2.47. The summed E-state index contributed by atoms with van der Waals surface area (Å²) in [5.41, 5.74) is 0. The van der Waals surface area contributed by atoms with Crippen molar-refractivity contribution in [3.8, 4) is 0 Å². The first-order valence-electron chi connectivity index (χ1n) is 7.80. The molecule has 0 spiro atoms. The Bertz CT molecular complexity index is 425. The van der Waals surface area contributed by atoms with Gasteiger partial charge < -0.3 is 10.2 Å². The molecule has 110 valence electrons. The van der Waals surface area contributed by atoms with Gasteiger partial charge in [0.25, 0.3) is 0 Å². The Morgan fingerprint density at radius 1 is 1.30 bits per heavy atom. The van der Waals surface area contributed by atoms with Crippen molar-refractivity contribution in [2.24, 2.45) is 5.92 Å². The summed E-state index contributed by atoms with van der Waals surface area (Å²) >= 11 is 0. The van der Waals surface area contributed by atoms with E-state index in [9.17, 15) is 4.79 Å². The highest BCUT2D eigenvalue weighted by Gasteiger charge is 2.26. The van der Waals surface area contributed by atoms with E-state index < -0.39 is 0 Å². The minimum absolute atomic E-state index is 0.276. The molecule has 1 N–H and O–H groups in total. The van der Waals surface area contributed by atoms with Gasteiger partial charge in [-0.2, -0.15) is 5.10 Å². The van der Waals surface area contributed by atoms with Crippen LogP contribution in [0.25, 0.3) is 0 Å². The number of likely N-dealkylation sites (tertiary alicyclic amines) is 1. The Morgan fingerprint density at radius 2 is 2.15 bits per heavy atom. The molecule has 0 radical (unpaired) electrons. The highest BCUT2D eigenvalue weighted by molar-refractivity contribution is 5.78. The molecule has 0 aromatic carbocycles. The highest BCUT2D eigenvalue weighted by Crippen LogP contribution is 2.26. The van der Waals surface area contributed by atoms with E-state index in [0.717, 1.165) is 26.1 Å². The second kappa shape index (κ2) is 6.39. The van der Waals surface area contributed by atoms with Gasteiger partial charge in [0.05, 0.1) is 6.54 Å². The van der Waals surface area contributed by atoms with Gasteiger partial charge in [-0.1, -0.05) is 0 Å². The van der Waals surface area contributed by atoms with Gasteiger partial charge in [0, 0.05) is 38.1 Å². The molecule has 1 saturated heterocycles. The van der Waals surface area contributed by atoms with Crippen molar-refractivity contribution in [2.45, 2.75) is 44.7 Å². The van der Waals surface area contributed by atoms with Crippen LogP contribution in [0.2, 0.25) is 0 Å². The third-order valence-electron chi connectivity index (χ3n) is 4.55. The van der Waals surface area contributed by atoms with Crippen molar-refractivity contribution in [1.29, 1.82) is 0 Å². The van der Waals surface area contributed by atoms with Gasteiger partial charge in [0.15, 0.2) is 0 Å². The fourth-order valence-corrected chi connectivity index (χ4v) is 3.41. The van der Waals surface area contributed by atoms with Crippen molar-refractivity contribution in [3.63, 3.8) is 0 Å². The zero-order valence-corrected chi connectivity index (χ0v) is 12.0. The average molecular weight is 276 g/mol. The molecule has 2 atom stereocenters. The van der Waals surface area contributed by atoms with Crippen LogP contribution >= 0.6 is 0 Å². The fourth-order valence-electron chi connectivity index (χ4n) is 3.41. The van der Waals surface area contributed by atoms with Crippen molar-refractivity contribution < 1.29 is 4.79 Å². The molecule has 1 aromatic rings. The van der Waals surface area contributed by atoms with Crippen molar-refractivity contribution in [3.05, 3.63) is 18.5 Å². The van der Waals surface area contributed by atoms with Crippen LogP contribution in [0.4, 0.5) is 0 Å². The number of nitrogens with one attached hydrogen (secondary N) is 1. The molecule has 1 saturated carbocycles. The van der Waals surface area contributed by atoms with Crippen molar-refractivity contribution in [1.82, 2.24) is 20.0 Å². The number of aromatic nitrogens is 2. The lowest BCUT2D eigenvalue weighted by Gasteiger charge is -2.18. The molecule has 5 nitrogen and oxygen atoms in total. The SMILES string of the molecule is O=C(CN[C@H]1CC[C@H](Cn2cccn2)C1)N1CCCC1. The zero-order valence-electron chi connectivity index (χ0n) is 12.0. The number of carbonyl (C=O) groups is 1. The minimum atomic E-state index is 0.276. The summed E-state index contributed by atoms with van der Waals surface area (Å²) in [7, 11) is 0. The number of rotatable bonds is 5. The van der Waals surface area contributed by atoms with Crippen LogP contribution in [0.1, 0.15) is 32.1 Å². The molecule has 1 amide bonds. The van der Waals surface area contributed by atoms with E-state index in [1.165, 1.54) is 25.7 Å². The maximum Gasteiger partial charge on any atom is 0.236 e. The van der Waals surface area contributed by atoms with E-state index in [-0.39, 0.29) is 5.91 Å². The normalized spacial score (nSPS) is 26.3. The summed E-state index contributed by atoms with van der Waals surface area (Å²) in [4.78, 5) is 14.0. The van der Waals surface area contributed by atoms with Gasteiger partial charge in [-0.3, -0.25) is 9.48 Å². The van der Waals surface area contributed by atoms with Crippen LogP contribution in [0.15, 0.2) is 18.5 Å². The summed E-state index contributed by atoms with van der Waals surface area (Å²) in [5, 5.41) is 7.71. The van der Waals surface area contributed by atoms with E-state index in [4.69, 9.17) is 0 Å². The Kier molecular flexibility index (Phi) is 4.35. The summed E-state index contributed by atoms with van der Waals surface area (Å²) in [6.07, 6.45) is 9.76. The van der Waals surface area contributed by atoms with Gasteiger partial charge in [0.1, 0.15) is 0 Å². The second-order valence-corrected chi connectivity index (χ2v) is 6.07. The van der Waals surface area contributed by atoms with Gasteiger partial charge in [-0.25, -0.2) is 0 Å². The second-order valence-electron chi connectivity index (χ2n) is 6.07. The first kappa shape index (κ1) is 13.6. The molecule has 1 aromatic heterocycles. The lowest BCUT2D eigenvalue weighted by molar-refractivity contribution is -0.129. The monoisotopic (exact) mass is 276 g/mol. The lowest BCUT2D eigenvalue weighted by atomic mass is 10.1. The largest absolute Gasteiger partial charge is 0.342 e. The fraction of sp³-hybridized carbons (Fsp3) is 0.733. The maximum absolute atomic E-state index is 12.0. The predicted octanol–water partition coefficient (Wildman–Crippen LogP) is 1.26. The molecular weight excluding hydrogens is 252 g/mol. The number of hydrogen-bond acceptors (Lipinski definition) is 3. The first-order chi connectivity index (χ1) is 9.81. The Morgan fingerprint density at radius 3 is 2.90 bits per heavy atom. The van der Waals surface area contributed by atoms with Gasteiger partial charge in [-0.15, -0.1) is 0 Å². The highest BCUT2D eigenvalue weighted by atomic mass is 16.2. The van der Waals surface area contributed by atoms with Gasteiger partial charge in [-0.05, 0) is 44.1 Å². The summed E-state index contributed by atoms with van der Waals surface area (Å²) < 4.78 is 2.02. The van der Waals surface area contributed by atoms with Crippen LogP contribution in [0.5, 0.6) is 0 Å². The number of hydrogen-bond donors (Lipinski definition) is 1. The number of amides is 1. The molecule has 1 aliphatic heterocycles. The molecule has 3 rings (SSSR count). The number of carbonyl (C=O) groups excluding carboxylic acids is 1. The van der Waals surface area contributed by atoms with Crippen LogP contribution in [-0.2, 0) is 11.3 Å². The summed E-state index contributed by atoms with van der Waals surface area (Å²) in [6.45, 7) is 3.42. The third kappa shape index (κ3) is 3.39. The van der Waals surface area contributed by atoms with Gasteiger partial charge in [0.2, 0.25) is 5.91 Å². The smallest absolute Gasteiger partial charge is 0.236 e. The number of nitrogens with zero attached hydrogens (tertiary/aromatic N) is 3. The maximum atomic E-state index is 12.0. The topological polar surface area (TPSA) is 50.2 Å². The molecule has 0 bridgehead atoms. The molecule has 0 unspecified atom stereocenters. The predicted molar refractivity (Wildman–Crippen MR) is 77.2 cm³/mol. The van der Waals surface area contributed by atoms with Crippen LogP contribution in [0, 0.1) is 5.92 Å². The van der Waals surface area contributed by atoms with E-state index in [2.05, 4.69) is 10.4 Å². The molecule has 5 heteroatoms. The first-order valence-corrected chi connectivity index (χ1v) is 7.80. The Labute approximate surface area is 120 Å². The van der Waals surface area contributed by atoms with Crippen molar-refractivity contribution >= 4 is 5.91 Å². The van der Waals surface area contributed by atoms with E-state index in [0.29, 0.717) is 18.5 Å².